The zero-order chi connectivity index (χ0) is 24.8. The Morgan fingerprint density at radius 3 is 2.62 bits per heavy atom. The number of amides is 1. The van der Waals surface area contributed by atoms with E-state index in [-0.39, 0.29) is 42.3 Å². The molecule has 10 nitrogen and oxygen atoms in total. The first kappa shape index (κ1) is 24.6. The Morgan fingerprint density at radius 2 is 1.91 bits per heavy atom. The number of hydrogen-bond acceptors (Lipinski definition) is 7. The fourth-order valence-corrected chi connectivity index (χ4v) is 3.65. The van der Waals surface area contributed by atoms with Crippen LogP contribution >= 0.6 is 0 Å². The van der Waals surface area contributed by atoms with Crippen molar-refractivity contribution in [2.24, 2.45) is 0 Å². The number of ether oxygens (including phenoxy) is 1. The molecule has 0 bridgehead atoms. The molecule has 1 atom stereocenters. The first-order valence-electron chi connectivity index (χ1n) is 10.8. The van der Waals surface area contributed by atoms with E-state index in [0.717, 1.165) is 5.56 Å². The van der Waals surface area contributed by atoms with Crippen LogP contribution in [0.5, 0.6) is 0 Å². The number of carbonyl (C=O) groups is 2. The van der Waals surface area contributed by atoms with Crippen LogP contribution in [-0.4, -0.2) is 32.5 Å². The van der Waals surface area contributed by atoms with Crippen molar-refractivity contribution < 1.29 is 19.2 Å². The van der Waals surface area contributed by atoms with E-state index in [9.17, 15) is 24.5 Å². The zero-order valence-corrected chi connectivity index (χ0v) is 19.2. The average molecular weight is 466 g/mol. The van der Waals surface area contributed by atoms with E-state index >= 15 is 0 Å². The first-order valence-corrected chi connectivity index (χ1v) is 10.8. The van der Waals surface area contributed by atoms with Gasteiger partial charge in [-0.15, -0.1) is 0 Å². The fourth-order valence-electron chi connectivity index (χ4n) is 3.65. The lowest BCUT2D eigenvalue weighted by Crippen LogP contribution is -2.33. The first-order chi connectivity index (χ1) is 16.2. The number of rotatable bonds is 9. The maximum absolute atomic E-state index is 12.8. The molecule has 3 aromatic rings. The minimum atomic E-state index is -0.963. The summed E-state index contributed by atoms with van der Waals surface area (Å²) in [6.45, 7) is 5.29. The van der Waals surface area contributed by atoms with E-state index in [0.29, 0.717) is 10.9 Å². The second kappa shape index (κ2) is 10.7. The molecule has 0 saturated heterocycles. The third-order valence-electron chi connectivity index (χ3n) is 5.22. The van der Waals surface area contributed by atoms with E-state index < -0.39 is 22.8 Å². The summed E-state index contributed by atoms with van der Waals surface area (Å²) in [7, 11) is 0. The SMILES string of the molecule is Cc1cccc2c(=O)n(CCC(=O)NC(CC(=O)OC(C)C)c3ccccc3[N+](=O)[O-])cnc12. The number of hydrogen-bond donors (Lipinski definition) is 1. The van der Waals surface area contributed by atoms with Crippen molar-refractivity contribution in [1.29, 1.82) is 0 Å². The molecule has 10 heteroatoms. The Bertz CT molecular complexity index is 1280. The van der Waals surface area contributed by atoms with E-state index in [1.54, 1.807) is 32.0 Å². The maximum atomic E-state index is 12.8. The Morgan fingerprint density at radius 1 is 1.18 bits per heavy atom. The van der Waals surface area contributed by atoms with Crippen LogP contribution in [0.25, 0.3) is 10.9 Å². The Balaban J connectivity index is 1.79. The van der Waals surface area contributed by atoms with Crippen molar-refractivity contribution in [3.63, 3.8) is 0 Å². The predicted octanol–water partition coefficient (Wildman–Crippen LogP) is 3.20. The van der Waals surface area contributed by atoms with Gasteiger partial charge in [0.15, 0.2) is 0 Å². The van der Waals surface area contributed by atoms with Gasteiger partial charge in [0.1, 0.15) is 0 Å². The van der Waals surface area contributed by atoms with Crippen LogP contribution in [-0.2, 0) is 20.9 Å². The van der Waals surface area contributed by atoms with Gasteiger partial charge >= 0.3 is 5.97 Å². The van der Waals surface area contributed by atoms with Crippen LogP contribution < -0.4 is 10.9 Å². The molecule has 1 heterocycles. The van der Waals surface area contributed by atoms with Crippen LogP contribution in [0.15, 0.2) is 53.6 Å². The lowest BCUT2D eigenvalue weighted by Gasteiger charge is -2.19. The van der Waals surface area contributed by atoms with E-state index in [1.165, 1.54) is 29.1 Å². The summed E-state index contributed by atoms with van der Waals surface area (Å²) >= 11 is 0. The van der Waals surface area contributed by atoms with Gasteiger partial charge in [-0.1, -0.05) is 30.3 Å². The number of carbonyl (C=O) groups excluding carboxylic acids is 2. The highest BCUT2D eigenvalue weighted by molar-refractivity contribution is 5.81. The Kier molecular flexibility index (Phi) is 7.72. The molecule has 0 aliphatic rings. The van der Waals surface area contributed by atoms with Crippen LogP contribution in [0, 0.1) is 17.0 Å². The highest BCUT2D eigenvalue weighted by atomic mass is 16.6. The van der Waals surface area contributed by atoms with E-state index in [2.05, 4.69) is 10.3 Å². The molecule has 34 heavy (non-hydrogen) atoms. The number of benzene rings is 2. The van der Waals surface area contributed by atoms with Crippen molar-refractivity contribution in [3.05, 3.63) is 80.4 Å². The summed E-state index contributed by atoms with van der Waals surface area (Å²) in [6, 6.07) is 10.3. The molecule has 3 rings (SSSR count). The van der Waals surface area contributed by atoms with E-state index in [1.807, 2.05) is 13.0 Å². The second-order valence-electron chi connectivity index (χ2n) is 8.14. The van der Waals surface area contributed by atoms with Gasteiger partial charge in [-0.25, -0.2) is 4.98 Å². The molecule has 0 saturated carbocycles. The largest absolute Gasteiger partial charge is 0.463 e. The number of nitrogens with zero attached hydrogens (tertiary/aromatic N) is 3. The quantitative estimate of drug-likeness (QED) is 0.291. The molecule has 0 aliphatic heterocycles. The Labute approximate surface area is 195 Å². The van der Waals surface area contributed by atoms with E-state index in [4.69, 9.17) is 4.74 Å². The Hall–Kier alpha value is -4.08. The lowest BCUT2D eigenvalue weighted by molar-refractivity contribution is -0.385. The number of nitro groups is 1. The van der Waals surface area contributed by atoms with Gasteiger partial charge in [-0.3, -0.25) is 29.1 Å². The zero-order valence-electron chi connectivity index (χ0n) is 19.2. The maximum Gasteiger partial charge on any atom is 0.308 e. The van der Waals surface area contributed by atoms with Gasteiger partial charge in [0.25, 0.3) is 11.2 Å². The lowest BCUT2D eigenvalue weighted by atomic mass is 10.0. The van der Waals surface area contributed by atoms with Crippen molar-refractivity contribution in [2.45, 2.75) is 52.3 Å². The fraction of sp³-hybridized carbons (Fsp3) is 0.333. The van der Waals surface area contributed by atoms with Crippen LogP contribution in [0.3, 0.4) is 0 Å². The number of fused-ring (bicyclic) bond motifs is 1. The number of nitrogens with one attached hydrogen (secondary N) is 1. The average Bonchev–Trinajstić information content (AvgIpc) is 2.78. The molecular weight excluding hydrogens is 440 g/mol. The van der Waals surface area contributed by atoms with Gasteiger partial charge < -0.3 is 10.1 Å². The van der Waals surface area contributed by atoms with Crippen LogP contribution in [0.4, 0.5) is 5.69 Å². The van der Waals surface area contributed by atoms with Crippen molar-refractivity contribution in [3.8, 4) is 0 Å². The molecule has 0 spiro atoms. The van der Waals surface area contributed by atoms with Crippen molar-refractivity contribution in [1.82, 2.24) is 14.9 Å². The molecule has 0 radical (unpaired) electrons. The highest BCUT2D eigenvalue weighted by Crippen LogP contribution is 2.27. The standard InChI is InChI=1S/C24H26N4O6/c1-15(2)34-22(30)13-19(17-8-4-5-10-20(17)28(32)33)26-21(29)11-12-27-14-25-23-16(3)7-6-9-18(23)24(27)31/h4-10,14-15,19H,11-13H2,1-3H3,(H,26,29). The summed E-state index contributed by atoms with van der Waals surface area (Å²) in [5.41, 5.74) is 1.20. The smallest absolute Gasteiger partial charge is 0.308 e. The molecule has 2 aromatic carbocycles. The number of esters is 1. The topological polar surface area (TPSA) is 133 Å². The number of aryl methyl sites for hydroxylation is 2. The molecule has 1 unspecified atom stereocenters. The number of para-hydroxylation sites is 2. The van der Waals surface area contributed by atoms with Gasteiger partial charge in [-0.2, -0.15) is 0 Å². The summed E-state index contributed by atoms with van der Waals surface area (Å²) < 4.78 is 6.51. The normalized spacial score (nSPS) is 11.9. The number of aromatic nitrogens is 2. The minimum Gasteiger partial charge on any atom is -0.463 e. The number of nitro benzene ring substituents is 1. The van der Waals surface area contributed by atoms with Crippen LogP contribution in [0.2, 0.25) is 0 Å². The van der Waals surface area contributed by atoms with Gasteiger partial charge in [0.2, 0.25) is 5.91 Å². The van der Waals surface area contributed by atoms with Crippen molar-refractivity contribution >= 4 is 28.5 Å². The predicted molar refractivity (Wildman–Crippen MR) is 125 cm³/mol. The molecule has 1 aromatic heterocycles. The minimum absolute atomic E-state index is 0.0571. The molecule has 1 amide bonds. The van der Waals surface area contributed by atoms with Gasteiger partial charge in [0.05, 0.1) is 46.3 Å². The summed E-state index contributed by atoms with van der Waals surface area (Å²) in [6.07, 6.45) is 0.663. The molecular formula is C24H26N4O6. The molecule has 1 N–H and O–H groups in total. The van der Waals surface area contributed by atoms with Gasteiger partial charge in [0, 0.05) is 19.0 Å². The van der Waals surface area contributed by atoms with Crippen molar-refractivity contribution in [2.75, 3.05) is 0 Å². The highest BCUT2D eigenvalue weighted by Gasteiger charge is 2.26. The second-order valence-corrected chi connectivity index (χ2v) is 8.14. The van der Waals surface area contributed by atoms with Crippen LogP contribution in [0.1, 0.15) is 43.9 Å². The summed E-state index contributed by atoms with van der Waals surface area (Å²) in [4.78, 5) is 53.0. The monoisotopic (exact) mass is 466 g/mol. The molecule has 0 aliphatic carbocycles. The molecule has 178 valence electrons. The summed E-state index contributed by atoms with van der Waals surface area (Å²) in [5, 5.41) is 14.6. The molecule has 0 fully saturated rings. The third-order valence-corrected chi connectivity index (χ3v) is 5.22. The third kappa shape index (κ3) is 5.83. The van der Waals surface area contributed by atoms with Gasteiger partial charge in [-0.05, 0) is 32.4 Å². The summed E-state index contributed by atoms with van der Waals surface area (Å²) in [5.74, 6) is -1.07.